The predicted molar refractivity (Wildman–Crippen MR) is 127 cm³/mol. The zero-order valence-corrected chi connectivity index (χ0v) is 17.8. The van der Waals surface area contributed by atoms with Crippen LogP contribution in [0.25, 0.3) is 22.3 Å². The molecule has 1 nitrogen and oxygen atoms in total. The van der Waals surface area contributed by atoms with Crippen molar-refractivity contribution in [3.63, 3.8) is 0 Å². The van der Waals surface area contributed by atoms with E-state index in [2.05, 4.69) is 98.8 Å². The molecular weight excluding hydrogens is 364 g/mol. The molecule has 0 atom stereocenters. The van der Waals surface area contributed by atoms with Crippen molar-refractivity contribution in [2.45, 2.75) is 33.3 Å². The van der Waals surface area contributed by atoms with Gasteiger partial charge in [0.15, 0.2) is 0 Å². The molecule has 0 saturated carbocycles. The van der Waals surface area contributed by atoms with E-state index in [9.17, 15) is 0 Å². The van der Waals surface area contributed by atoms with Gasteiger partial charge in [-0.25, -0.2) is 0 Å². The van der Waals surface area contributed by atoms with Gasteiger partial charge in [-0.3, -0.25) is 0 Å². The first kappa shape index (κ1) is 20.0. The molecule has 30 heavy (non-hydrogen) atoms. The Morgan fingerprint density at radius 2 is 0.967 bits per heavy atom. The lowest BCUT2D eigenvalue weighted by Crippen LogP contribution is -1.95. The molecule has 0 aliphatic heterocycles. The molecule has 0 radical (unpaired) electrons. The summed E-state index contributed by atoms with van der Waals surface area (Å²) in [6.07, 6.45) is 2.32. The second kappa shape index (κ2) is 9.45. The van der Waals surface area contributed by atoms with Crippen LogP contribution < -0.4 is 4.74 Å². The van der Waals surface area contributed by atoms with Gasteiger partial charge in [0.25, 0.3) is 0 Å². The van der Waals surface area contributed by atoms with Crippen molar-refractivity contribution in [2.24, 2.45) is 0 Å². The Morgan fingerprint density at radius 1 is 0.533 bits per heavy atom. The van der Waals surface area contributed by atoms with Gasteiger partial charge in [0, 0.05) is 0 Å². The molecule has 0 fully saturated rings. The summed E-state index contributed by atoms with van der Waals surface area (Å²) in [5.41, 5.74) is 8.78. The highest BCUT2D eigenvalue weighted by atomic mass is 16.5. The van der Waals surface area contributed by atoms with Crippen LogP contribution in [0.1, 0.15) is 30.0 Å². The summed E-state index contributed by atoms with van der Waals surface area (Å²) in [4.78, 5) is 0. The van der Waals surface area contributed by atoms with Crippen molar-refractivity contribution in [1.82, 2.24) is 0 Å². The minimum absolute atomic E-state index is 0.569. The highest BCUT2D eigenvalue weighted by molar-refractivity contribution is 5.65. The summed E-state index contributed by atoms with van der Waals surface area (Å²) in [5, 5.41) is 0. The maximum atomic E-state index is 5.99. The normalized spacial score (nSPS) is 10.7. The van der Waals surface area contributed by atoms with Crippen molar-refractivity contribution in [2.75, 3.05) is 0 Å². The van der Waals surface area contributed by atoms with Crippen molar-refractivity contribution in [1.29, 1.82) is 0 Å². The van der Waals surface area contributed by atoms with Gasteiger partial charge >= 0.3 is 0 Å². The number of benzene rings is 4. The van der Waals surface area contributed by atoms with Crippen LogP contribution >= 0.6 is 0 Å². The van der Waals surface area contributed by atoms with Gasteiger partial charge in [0.2, 0.25) is 0 Å². The molecule has 0 heterocycles. The maximum Gasteiger partial charge on any atom is 0.119 e. The van der Waals surface area contributed by atoms with Crippen LogP contribution in [0.5, 0.6) is 5.75 Å². The van der Waals surface area contributed by atoms with E-state index in [0.717, 1.165) is 12.2 Å². The molecule has 0 aliphatic rings. The second-order valence-corrected chi connectivity index (χ2v) is 7.82. The van der Waals surface area contributed by atoms with Gasteiger partial charge in [0.1, 0.15) is 12.4 Å². The fourth-order valence-electron chi connectivity index (χ4n) is 3.60. The molecular formula is C29H28O. The van der Waals surface area contributed by atoms with Gasteiger partial charge in [-0.1, -0.05) is 104 Å². The van der Waals surface area contributed by atoms with Crippen molar-refractivity contribution >= 4 is 0 Å². The minimum atomic E-state index is 0.569. The van der Waals surface area contributed by atoms with Gasteiger partial charge in [-0.15, -0.1) is 0 Å². The third kappa shape index (κ3) is 4.99. The third-order valence-corrected chi connectivity index (χ3v) is 5.42. The highest BCUT2D eigenvalue weighted by Crippen LogP contribution is 2.24. The monoisotopic (exact) mass is 392 g/mol. The van der Waals surface area contributed by atoms with Crippen LogP contribution in [0.15, 0.2) is 97.1 Å². The zero-order valence-electron chi connectivity index (χ0n) is 17.8. The first-order chi connectivity index (χ1) is 14.7. The van der Waals surface area contributed by atoms with Gasteiger partial charge in [0.05, 0.1) is 0 Å². The van der Waals surface area contributed by atoms with Crippen LogP contribution in [0.4, 0.5) is 0 Å². The van der Waals surface area contributed by atoms with Crippen LogP contribution in [0, 0.1) is 6.92 Å². The highest BCUT2D eigenvalue weighted by Gasteiger charge is 2.02. The SMILES string of the molecule is CCCc1ccc(-c2ccc(COc3ccc(-c4ccc(C)cc4)cc3)cc2)cc1. The van der Waals surface area contributed by atoms with E-state index in [-0.39, 0.29) is 0 Å². The van der Waals surface area contributed by atoms with Crippen LogP contribution in [-0.2, 0) is 13.0 Å². The summed E-state index contributed by atoms with van der Waals surface area (Å²) in [6.45, 7) is 4.89. The molecule has 1 heteroatoms. The van der Waals surface area contributed by atoms with E-state index in [1.807, 2.05) is 12.1 Å². The number of ether oxygens (including phenoxy) is 1. The van der Waals surface area contributed by atoms with Gasteiger partial charge in [-0.05, 0) is 58.9 Å². The third-order valence-electron chi connectivity index (χ3n) is 5.42. The van der Waals surface area contributed by atoms with E-state index in [1.54, 1.807) is 0 Å². The fraction of sp³-hybridized carbons (Fsp3) is 0.172. The molecule has 150 valence electrons. The van der Waals surface area contributed by atoms with E-state index in [4.69, 9.17) is 4.74 Å². The number of aryl methyl sites for hydroxylation is 2. The Morgan fingerprint density at radius 3 is 1.47 bits per heavy atom. The van der Waals surface area contributed by atoms with Crippen LogP contribution in [0.2, 0.25) is 0 Å². The lowest BCUT2D eigenvalue weighted by atomic mass is 10.0. The van der Waals surface area contributed by atoms with E-state index in [0.29, 0.717) is 6.61 Å². The van der Waals surface area contributed by atoms with E-state index >= 15 is 0 Å². The first-order valence-electron chi connectivity index (χ1n) is 10.7. The van der Waals surface area contributed by atoms with Crippen LogP contribution in [-0.4, -0.2) is 0 Å². The molecule has 0 aromatic heterocycles. The second-order valence-electron chi connectivity index (χ2n) is 7.82. The Bertz CT molecular complexity index is 1060. The summed E-state index contributed by atoms with van der Waals surface area (Å²) < 4.78 is 5.99. The molecule has 0 N–H and O–H groups in total. The molecule has 0 aliphatic carbocycles. The van der Waals surface area contributed by atoms with Crippen molar-refractivity contribution < 1.29 is 4.74 Å². The van der Waals surface area contributed by atoms with E-state index < -0.39 is 0 Å². The topological polar surface area (TPSA) is 9.23 Å². The molecule has 4 rings (SSSR count). The number of hydrogen-bond donors (Lipinski definition) is 0. The largest absolute Gasteiger partial charge is 0.489 e. The summed E-state index contributed by atoms with van der Waals surface area (Å²) in [6, 6.07) is 34.5. The van der Waals surface area contributed by atoms with Crippen molar-refractivity contribution in [3.05, 3.63) is 114 Å². The quantitative estimate of drug-likeness (QED) is 0.311. The fourth-order valence-corrected chi connectivity index (χ4v) is 3.60. The van der Waals surface area contributed by atoms with Gasteiger partial charge < -0.3 is 4.74 Å². The molecule has 0 amide bonds. The predicted octanol–water partition coefficient (Wildman–Crippen LogP) is 7.86. The maximum absolute atomic E-state index is 5.99. The van der Waals surface area contributed by atoms with Gasteiger partial charge in [-0.2, -0.15) is 0 Å². The molecule has 0 bridgehead atoms. The summed E-state index contributed by atoms with van der Waals surface area (Å²) >= 11 is 0. The lowest BCUT2D eigenvalue weighted by molar-refractivity contribution is 0.306. The Hall–Kier alpha value is -3.32. The molecule has 0 unspecified atom stereocenters. The molecule has 4 aromatic carbocycles. The Balaban J connectivity index is 1.36. The Kier molecular flexibility index (Phi) is 6.29. The van der Waals surface area contributed by atoms with Crippen molar-refractivity contribution in [3.8, 4) is 28.0 Å². The number of rotatable bonds is 7. The smallest absolute Gasteiger partial charge is 0.119 e. The first-order valence-corrected chi connectivity index (χ1v) is 10.7. The minimum Gasteiger partial charge on any atom is -0.489 e. The standard InChI is InChI=1S/C29H28O/c1-3-4-23-7-13-26(14-8-23)27-15-9-24(10-16-27)21-30-29-19-17-28(18-20-29)25-11-5-22(2)6-12-25/h5-20H,3-4,21H2,1-2H3. The molecule has 0 saturated heterocycles. The zero-order chi connectivity index (χ0) is 20.8. The Labute approximate surface area is 180 Å². The lowest BCUT2D eigenvalue weighted by Gasteiger charge is -2.09. The molecule has 4 aromatic rings. The average Bonchev–Trinajstić information content (AvgIpc) is 2.80. The van der Waals surface area contributed by atoms with Crippen LogP contribution in [0.3, 0.4) is 0 Å². The van der Waals surface area contributed by atoms with E-state index in [1.165, 1.54) is 45.4 Å². The number of hydrogen-bond acceptors (Lipinski definition) is 1. The summed E-state index contributed by atoms with van der Waals surface area (Å²) in [7, 11) is 0. The molecule has 0 spiro atoms. The summed E-state index contributed by atoms with van der Waals surface area (Å²) in [5.74, 6) is 0.890. The average molecular weight is 393 g/mol.